The quantitative estimate of drug-likeness (QED) is 0.687. The number of fused-ring (bicyclic) bond motifs is 1. The van der Waals surface area contributed by atoms with Crippen LogP contribution in [0.15, 0.2) is 46.9 Å². The number of carbonyl (C=O) groups excluding carboxylic acids is 1. The molecule has 4 nitrogen and oxygen atoms in total. The van der Waals surface area contributed by atoms with E-state index in [0.717, 1.165) is 21.0 Å². The molecule has 2 heterocycles. The lowest BCUT2D eigenvalue weighted by atomic mass is 10.3. The molecule has 0 saturated carbocycles. The smallest absolute Gasteiger partial charge is 0.246 e. The highest BCUT2D eigenvalue weighted by Gasteiger charge is 2.10. The third-order valence-corrected chi connectivity index (χ3v) is 4.26. The van der Waals surface area contributed by atoms with Gasteiger partial charge in [-0.1, -0.05) is 12.1 Å². The van der Waals surface area contributed by atoms with Gasteiger partial charge in [-0.25, -0.2) is 4.98 Å². The molecule has 1 amide bonds. The molecule has 5 heteroatoms. The maximum atomic E-state index is 12.1. The number of furan rings is 1. The van der Waals surface area contributed by atoms with Gasteiger partial charge < -0.3 is 9.32 Å². The van der Waals surface area contributed by atoms with Crippen LogP contribution in [0.3, 0.4) is 0 Å². The van der Waals surface area contributed by atoms with Crippen molar-refractivity contribution in [2.45, 2.75) is 13.5 Å². The predicted molar refractivity (Wildman–Crippen MR) is 88.6 cm³/mol. The van der Waals surface area contributed by atoms with E-state index in [2.05, 4.69) is 4.98 Å². The SMILES string of the molecule is Cc1ccc(/C=C/C(=O)N(C)Cc2nc3ccccc3s2)o1. The number of hydrogen-bond donors (Lipinski definition) is 0. The summed E-state index contributed by atoms with van der Waals surface area (Å²) >= 11 is 1.61. The molecular formula is C17H16N2O2S. The molecule has 0 aliphatic carbocycles. The van der Waals surface area contributed by atoms with Crippen molar-refractivity contribution < 1.29 is 9.21 Å². The van der Waals surface area contributed by atoms with Crippen molar-refractivity contribution in [3.63, 3.8) is 0 Å². The van der Waals surface area contributed by atoms with Crippen LogP contribution in [0.5, 0.6) is 0 Å². The van der Waals surface area contributed by atoms with Gasteiger partial charge in [0.2, 0.25) is 5.91 Å². The van der Waals surface area contributed by atoms with Gasteiger partial charge in [0.25, 0.3) is 0 Å². The molecule has 0 radical (unpaired) electrons. The zero-order valence-electron chi connectivity index (χ0n) is 12.4. The molecule has 3 rings (SSSR count). The Labute approximate surface area is 132 Å². The Kier molecular flexibility index (Phi) is 4.06. The lowest BCUT2D eigenvalue weighted by molar-refractivity contribution is -0.125. The molecule has 0 fully saturated rings. The van der Waals surface area contributed by atoms with Crippen LogP contribution >= 0.6 is 11.3 Å². The van der Waals surface area contributed by atoms with Crippen LogP contribution in [0.4, 0.5) is 0 Å². The molecule has 22 heavy (non-hydrogen) atoms. The van der Waals surface area contributed by atoms with E-state index in [1.165, 1.54) is 6.08 Å². The predicted octanol–water partition coefficient (Wildman–Crippen LogP) is 3.87. The Balaban J connectivity index is 1.66. The van der Waals surface area contributed by atoms with Crippen LogP contribution in [-0.4, -0.2) is 22.8 Å². The molecule has 112 valence electrons. The molecule has 0 N–H and O–H groups in total. The molecule has 0 bridgehead atoms. The largest absolute Gasteiger partial charge is 0.462 e. The number of likely N-dealkylation sites (N-methyl/N-ethyl adjacent to an activating group) is 1. The number of nitrogens with zero attached hydrogens (tertiary/aromatic N) is 2. The number of para-hydroxylation sites is 1. The fourth-order valence-electron chi connectivity index (χ4n) is 2.09. The molecule has 0 aliphatic rings. The van der Waals surface area contributed by atoms with Gasteiger partial charge in [-0.15, -0.1) is 11.3 Å². The minimum atomic E-state index is -0.0756. The average molecular weight is 312 g/mol. The molecule has 3 aromatic rings. The van der Waals surface area contributed by atoms with E-state index in [1.54, 1.807) is 29.4 Å². The molecular weight excluding hydrogens is 296 g/mol. The zero-order chi connectivity index (χ0) is 15.5. The van der Waals surface area contributed by atoms with Crippen molar-refractivity contribution in [2.75, 3.05) is 7.05 Å². The summed E-state index contributed by atoms with van der Waals surface area (Å²) < 4.78 is 6.54. The third-order valence-electron chi connectivity index (χ3n) is 3.24. The van der Waals surface area contributed by atoms with Crippen molar-refractivity contribution in [3.8, 4) is 0 Å². The first-order chi connectivity index (χ1) is 10.6. The number of amides is 1. The number of hydrogen-bond acceptors (Lipinski definition) is 4. The summed E-state index contributed by atoms with van der Waals surface area (Å²) in [6, 6.07) is 11.7. The van der Waals surface area contributed by atoms with Crippen LogP contribution in [0.25, 0.3) is 16.3 Å². The monoisotopic (exact) mass is 312 g/mol. The summed E-state index contributed by atoms with van der Waals surface area (Å²) in [4.78, 5) is 18.3. The van der Waals surface area contributed by atoms with E-state index < -0.39 is 0 Å². The molecule has 0 unspecified atom stereocenters. The van der Waals surface area contributed by atoms with Gasteiger partial charge in [-0.3, -0.25) is 4.79 Å². The van der Waals surface area contributed by atoms with Gasteiger partial charge in [-0.2, -0.15) is 0 Å². The molecule has 2 aromatic heterocycles. The second-order valence-corrected chi connectivity index (χ2v) is 6.17. The Hall–Kier alpha value is -2.40. The molecule has 1 aromatic carbocycles. The minimum absolute atomic E-state index is 0.0756. The normalized spacial score (nSPS) is 11.4. The van der Waals surface area contributed by atoms with Crippen molar-refractivity contribution in [2.24, 2.45) is 0 Å². The topological polar surface area (TPSA) is 46.3 Å². The number of thiazole rings is 1. The summed E-state index contributed by atoms with van der Waals surface area (Å²) in [5, 5.41) is 0.930. The maximum absolute atomic E-state index is 12.1. The maximum Gasteiger partial charge on any atom is 0.246 e. The summed E-state index contributed by atoms with van der Waals surface area (Å²) in [6.45, 7) is 2.37. The van der Waals surface area contributed by atoms with Gasteiger partial charge in [0, 0.05) is 13.1 Å². The van der Waals surface area contributed by atoms with E-state index in [-0.39, 0.29) is 5.91 Å². The Morgan fingerprint density at radius 3 is 2.86 bits per heavy atom. The Bertz CT molecular complexity index is 799. The lowest BCUT2D eigenvalue weighted by Crippen LogP contribution is -2.23. The van der Waals surface area contributed by atoms with Gasteiger partial charge in [0.15, 0.2) is 0 Å². The van der Waals surface area contributed by atoms with Crippen molar-refractivity contribution in [1.82, 2.24) is 9.88 Å². The molecule has 0 saturated heterocycles. The standard InChI is InChI=1S/C17H16N2O2S/c1-12-7-8-13(21-12)9-10-17(20)19(2)11-16-18-14-5-3-4-6-15(14)22-16/h3-10H,11H2,1-2H3/b10-9+. The number of rotatable bonds is 4. The van der Waals surface area contributed by atoms with E-state index in [9.17, 15) is 4.79 Å². The van der Waals surface area contributed by atoms with Crippen molar-refractivity contribution in [1.29, 1.82) is 0 Å². The lowest BCUT2D eigenvalue weighted by Gasteiger charge is -2.12. The molecule has 0 spiro atoms. The fraction of sp³-hybridized carbons (Fsp3) is 0.176. The van der Waals surface area contributed by atoms with E-state index in [1.807, 2.05) is 43.3 Å². The Morgan fingerprint density at radius 1 is 1.32 bits per heavy atom. The zero-order valence-corrected chi connectivity index (χ0v) is 13.3. The number of aromatic nitrogens is 1. The van der Waals surface area contributed by atoms with E-state index in [0.29, 0.717) is 12.3 Å². The molecule has 0 aliphatic heterocycles. The first kappa shape index (κ1) is 14.5. The fourth-order valence-corrected chi connectivity index (χ4v) is 3.11. The highest BCUT2D eigenvalue weighted by atomic mass is 32.1. The summed E-state index contributed by atoms with van der Waals surface area (Å²) in [7, 11) is 1.77. The van der Waals surface area contributed by atoms with Gasteiger partial charge in [0.1, 0.15) is 16.5 Å². The van der Waals surface area contributed by atoms with Crippen molar-refractivity contribution in [3.05, 3.63) is 59.0 Å². The van der Waals surface area contributed by atoms with Crippen LogP contribution in [-0.2, 0) is 11.3 Å². The van der Waals surface area contributed by atoms with Crippen LogP contribution in [0.1, 0.15) is 16.5 Å². The first-order valence-electron chi connectivity index (χ1n) is 6.96. The summed E-state index contributed by atoms with van der Waals surface area (Å²) in [6.07, 6.45) is 3.20. The van der Waals surface area contributed by atoms with Crippen molar-refractivity contribution >= 4 is 33.5 Å². The Morgan fingerprint density at radius 2 is 2.14 bits per heavy atom. The highest BCUT2D eigenvalue weighted by molar-refractivity contribution is 7.18. The average Bonchev–Trinajstić information content (AvgIpc) is 3.09. The van der Waals surface area contributed by atoms with Crippen LogP contribution in [0, 0.1) is 6.92 Å². The summed E-state index contributed by atoms with van der Waals surface area (Å²) in [5.41, 5.74) is 0.977. The first-order valence-corrected chi connectivity index (χ1v) is 7.77. The second-order valence-electron chi connectivity index (χ2n) is 5.05. The third kappa shape index (κ3) is 3.26. The van der Waals surface area contributed by atoms with Gasteiger partial charge >= 0.3 is 0 Å². The number of benzene rings is 1. The van der Waals surface area contributed by atoms with Crippen LogP contribution in [0.2, 0.25) is 0 Å². The molecule has 0 atom stereocenters. The van der Waals surface area contributed by atoms with E-state index in [4.69, 9.17) is 4.42 Å². The van der Waals surface area contributed by atoms with Gasteiger partial charge in [0.05, 0.1) is 16.8 Å². The van der Waals surface area contributed by atoms with Gasteiger partial charge in [-0.05, 0) is 37.3 Å². The number of aryl methyl sites for hydroxylation is 1. The number of carbonyl (C=O) groups is 1. The summed E-state index contributed by atoms with van der Waals surface area (Å²) in [5.74, 6) is 1.43. The highest BCUT2D eigenvalue weighted by Crippen LogP contribution is 2.22. The minimum Gasteiger partial charge on any atom is -0.462 e. The van der Waals surface area contributed by atoms with Crippen LogP contribution < -0.4 is 0 Å². The van der Waals surface area contributed by atoms with E-state index >= 15 is 0 Å². The second kappa shape index (κ2) is 6.15.